The van der Waals surface area contributed by atoms with E-state index in [4.69, 9.17) is 0 Å². The molecule has 0 amide bonds. The molecule has 0 saturated carbocycles. The zero-order valence-corrected chi connectivity index (χ0v) is 20.3. The molecule has 0 saturated heterocycles. The smallest absolute Gasteiger partial charge is 0.118 e. The molecule has 35 heavy (non-hydrogen) atoms. The van der Waals surface area contributed by atoms with Crippen molar-refractivity contribution < 1.29 is 15.3 Å². The van der Waals surface area contributed by atoms with Gasteiger partial charge in [-0.25, -0.2) is 0 Å². The van der Waals surface area contributed by atoms with Gasteiger partial charge in [-0.2, -0.15) is 0 Å². The van der Waals surface area contributed by atoms with Gasteiger partial charge >= 0.3 is 0 Å². The fourth-order valence-corrected chi connectivity index (χ4v) is 4.75. The van der Waals surface area contributed by atoms with E-state index in [-0.39, 0.29) is 29.1 Å². The Morgan fingerprint density at radius 3 is 1.11 bits per heavy atom. The van der Waals surface area contributed by atoms with Gasteiger partial charge in [0.15, 0.2) is 0 Å². The van der Waals surface area contributed by atoms with Crippen LogP contribution < -0.4 is 0 Å². The second kappa shape index (κ2) is 9.63. The van der Waals surface area contributed by atoms with Crippen molar-refractivity contribution in [2.45, 2.75) is 39.5 Å². The van der Waals surface area contributed by atoms with Crippen LogP contribution in [0.2, 0.25) is 0 Å². The predicted molar refractivity (Wildman–Crippen MR) is 139 cm³/mol. The molecule has 0 spiro atoms. The molecule has 4 aromatic rings. The molecule has 0 aliphatic heterocycles. The summed E-state index contributed by atoms with van der Waals surface area (Å²) in [5, 5.41) is 33.8. The summed E-state index contributed by atoms with van der Waals surface area (Å²) < 4.78 is 0. The number of hydrogen-bond donors (Lipinski definition) is 3. The number of nitroso groups, excluding NO2 is 1. The van der Waals surface area contributed by atoms with E-state index >= 15 is 0 Å². The molecule has 1 unspecified atom stereocenters. The fraction of sp³-hybridized carbons (Fsp3) is 0.200. The largest absolute Gasteiger partial charge is 0.508 e. The highest BCUT2D eigenvalue weighted by molar-refractivity contribution is 5.54. The summed E-state index contributed by atoms with van der Waals surface area (Å²) in [5.41, 5.74) is 7.44. The Bertz CT molecular complexity index is 1360. The third-order valence-electron chi connectivity index (χ3n) is 6.75. The molecule has 4 aromatic carbocycles. The second-order valence-electron chi connectivity index (χ2n) is 9.23. The van der Waals surface area contributed by atoms with Gasteiger partial charge in [0.2, 0.25) is 0 Å². The highest BCUT2D eigenvalue weighted by Gasteiger charge is 2.30. The number of phenols is 3. The lowest BCUT2D eigenvalue weighted by Crippen LogP contribution is -2.15. The van der Waals surface area contributed by atoms with Crippen LogP contribution in [0, 0.1) is 32.6 Å². The Balaban J connectivity index is 2.03. The molecule has 0 fully saturated rings. The van der Waals surface area contributed by atoms with Crippen molar-refractivity contribution in [3.8, 4) is 17.2 Å². The number of hydrogen-bond acceptors (Lipinski definition) is 5. The molecule has 0 radical (unpaired) electrons. The predicted octanol–water partition coefficient (Wildman–Crippen LogP) is 7.40. The van der Waals surface area contributed by atoms with Gasteiger partial charge < -0.3 is 15.3 Å². The Labute approximate surface area is 205 Å². The highest BCUT2D eigenvalue weighted by atomic mass is 16.3. The van der Waals surface area contributed by atoms with Gasteiger partial charge in [-0.05, 0) is 102 Å². The Morgan fingerprint density at radius 1 is 0.514 bits per heavy atom. The lowest BCUT2D eigenvalue weighted by Gasteiger charge is -2.31. The van der Waals surface area contributed by atoms with Gasteiger partial charge in [0.25, 0.3) is 0 Å². The van der Waals surface area contributed by atoms with Crippen molar-refractivity contribution in [2.75, 3.05) is 0 Å². The lowest BCUT2D eigenvalue weighted by atomic mass is 9.72. The van der Waals surface area contributed by atoms with E-state index in [9.17, 15) is 20.2 Å². The van der Waals surface area contributed by atoms with Crippen LogP contribution >= 0.6 is 0 Å². The van der Waals surface area contributed by atoms with E-state index in [1.165, 1.54) is 0 Å². The van der Waals surface area contributed by atoms with Crippen LogP contribution in [-0.2, 0) is 0 Å². The Kier molecular flexibility index (Phi) is 6.61. The quantitative estimate of drug-likeness (QED) is 0.258. The average molecular weight is 468 g/mol. The third kappa shape index (κ3) is 4.76. The van der Waals surface area contributed by atoms with Crippen LogP contribution in [0.15, 0.2) is 78.0 Å². The molecule has 0 aliphatic rings. The lowest BCUT2D eigenvalue weighted by molar-refractivity contribution is 0.469. The number of aryl methyl sites for hydroxylation is 4. The summed E-state index contributed by atoms with van der Waals surface area (Å²) in [4.78, 5) is 11.3. The van der Waals surface area contributed by atoms with Gasteiger partial charge in [0.05, 0.1) is 0 Å². The maximum absolute atomic E-state index is 11.3. The van der Waals surface area contributed by atoms with Gasteiger partial charge in [-0.15, -0.1) is 4.91 Å². The van der Waals surface area contributed by atoms with Crippen molar-refractivity contribution in [1.82, 2.24) is 0 Å². The highest BCUT2D eigenvalue weighted by Crippen LogP contribution is 2.45. The van der Waals surface area contributed by atoms with Crippen molar-refractivity contribution >= 4 is 5.69 Å². The van der Waals surface area contributed by atoms with E-state index in [2.05, 4.69) is 5.18 Å². The zero-order chi connectivity index (χ0) is 25.3. The van der Waals surface area contributed by atoms with E-state index in [0.717, 1.165) is 44.5 Å². The third-order valence-corrected chi connectivity index (χ3v) is 6.75. The Hall–Kier alpha value is -4.12. The molecule has 0 aliphatic carbocycles. The summed E-state index contributed by atoms with van der Waals surface area (Å²) in [6, 6.07) is 22.5. The van der Waals surface area contributed by atoms with Crippen molar-refractivity contribution in [3.63, 3.8) is 0 Å². The summed E-state index contributed by atoms with van der Waals surface area (Å²) in [7, 11) is 0. The summed E-state index contributed by atoms with van der Waals surface area (Å²) in [6.45, 7) is 7.47. The summed E-state index contributed by atoms with van der Waals surface area (Å²) in [6.07, 6.45) is 0. The minimum atomic E-state index is -0.193. The van der Waals surface area contributed by atoms with Gasteiger partial charge in [0.1, 0.15) is 22.9 Å². The van der Waals surface area contributed by atoms with Crippen LogP contribution in [-0.4, -0.2) is 15.3 Å². The molecule has 0 heterocycles. The Morgan fingerprint density at radius 2 is 0.829 bits per heavy atom. The first kappa shape index (κ1) is 24.0. The second-order valence-corrected chi connectivity index (χ2v) is 9.23. The first-order valence-electron chi connectivity index (χ1n) is 11.5. The van der Waals surface area contributed by atoms with Crippen molar-refractivity contribution in [3.05, 3.63) is 122 Å². The van der Waals surface area contributed by atoms with Crippen LogP contribution in [0.3, 0.4) is 0 Å². The molecule has 0 bridgehead atoms. The van der Waals surface area contributed by atoms with Gasteiger partial charge in [-0.3, -0.25) is 0 Å². The minimum Gasteiger partial charge on any atom is -0.508 e. The molecule has 0 aromatic heterocycles. The maximum Gasteiger partial charge on any atom is 0.118 e. The van der Waals surface area contributed by atoms with Crippen LogP contribution in [0.5, 0.6) is 17.2 Å². The number of nitrogens with zero attached hydrogens (tertiary/aromatic N) is 1. The minimum absolute atomic E-state index is 0.188. The average Bonchev–Trinajstić information content (AvgIpc) is 2.83. The normalized spacial score (nSPS) is 12.0. The molecule has 5 heteroatoms. The monoisotopic (exact) mass is 467 g/mol. The van der Waals surface area contributed by atoms with E-state index in [1.807, 2.05) is 76.2 Å². The van der Waals surface area contributed by atoms with Crippen LogP contribution in [0.4, 0.5) is 5.69 Å². The zero-order valence-electron chi connectivity index (χ0n) is 20.3. The molecule has 4 rings (SSSR count). The van der Waals surface area contributed by atoms with Gasteiger partial charge in [0, 0.05) is 11.8 Å². The molecule has 178 valence electrons. The summed E-state index contributed by atoms with van der Waals surface area (Å²) >= 11 is 0. The molecular formula is C30H29NO4. The van der Waals surface area contributed by atoms with E-state index in [0.29, 0.717) is 5.69 Å². The molecule has 5 nitrogen and oxygen atoms in total. The summed E-state index contributed by atoms with van der Waals surface area (Å²) in [5.74, 6) is 0.294. The maximum atomic E-state index is 11.3. The van der Waals surface area contributed by atoms with Gasteiger partial charge in [-0.1, -0.05) is 48.5 Å². The van der Waals surface area contributed by atoms with Crippen LogP contribution in [0.25, 0.3) is 0 Å². The molecular weight excluding hydrogens is 438 g/mol. The van der Waals surface area contributed by atoms with E-state index in [1.54, 1.807) is 24.3 Å². The number of rotatable bonds is 6. The van der Waals surface area contributed by atoms with Crippen molar-refractivity contribution in [1.29, 1.82) is 0 Å². The first-order chi connectivity index (χ1) is 16.7. The molecule has 1 atom stereocenters. The topological polar surface area (TPSA) is 90.1 Å². The fourth-order valence-electron chi connectivity index (χ4n) is 4.75. The van der Waals surface area contributed by atoms with Crippen molar-refractivity contribution in [2.24, 2.45) is 5.18 Å². The first-order valence-corrected chi connectivity index (χ1v) is 11.5. The van der Waals surface area contributed by atoms with E-state index < -0.39 is 0 Å². The number of aromatic hydroxyl groups is 3. The molecule has 3 N–H and O–H groups in total. The van der Waals surface area contributed by atoms with Crippen LogP contribution in [0.1, 0.15) is 56.3 Å². The SMILES string of the molecule is Cc1cc(C(c2ccc(O)c(C)c2)C(c2ccc(O)c(C)c2)c2ccc(N=O)c(C)c2)ccc1O. The number of phenolic OH excluding ortho intramolecular Hbond substituents is 3. The standard InChI is InChI=1S/C30H29NO4/c1-17-13-21(5-9-25(17)31-35)29(22-6-10-26(32)18(2)14-22)30(23-7-11-27(33)19(3)15-23)24-8-12-28(34)20(4)16-24/h5-16,29-30,32-34H,1-4H3. The number of benzene rings is 4.